The minimum absolute atomic E-state index is 0.242. The molecule has 6 nitrogen and oxygen atoms in total. The summed E-state index contributed by atoms with van der Waals surface area (Å²) in [4.78, 5) is 12.0. The average molecular weight is 343 g/mol. The van der Waals surface area contributed by atoms with Crippen molar-refractivity contribution in [1.29, 1.82) is 0 Å². The predicted octanol–water partition coefficient (Wildman–Crippen LogP) is 2.89. The van der Waals surface area contributed by atoms with E-state index >= 15 is 0 Å². The number of aromatic nitrogens is 2. The van der Waals surface area contributed by atoms with E-state index < -0.39 is 12.1 Å². The van der Waals surface area contributed by atoms with Crippen molar-refractivity contribution in [2.24, 2.45) is 7.05 Å². The number of carbonyl (C=O) groups excluding carboxylic acids is 1. The maximum atomic E-state index is 12.0. The number of benzene rings is 1. The minimum Gasteiger partial charge on any atom is -0.394 e. The van der Waals surface area contributed by atoms with Crippen LogP contribution in [0.4, 0.5) is 10.5 Å². The fourth-order valence-electron chi connectivity index (χ4n) is 1.90. The van der Waals surface area contributed by atoms with Crippen molar-refractivity contribution in [2.75, 3.05) is 11.9 Å². The van der Waals surface area contributed by atoms with Crippen molar-refractivity contribution in [3.05, 3.63) is 45.7 Å². The monoisotopic (exact) mass is 342 g/mol. The summed E-state index contributed by atoms with van der Waals surface area (Å²) < 4.78 is 1.59. The molecular formula is C14H16Cl2N4O2. The van der Waals surface area contributed by atoms with Crippen LogP contribution in [0.5, 0.6) is 0 Å². The Morgan fingerprint density at radius 2 is 2.05 bits per heavy atom. The summed E-state index contributed by atoms with van der Waals surface area (Å²) in [5, 5.41) is 19.6. The van der Waals surface area contributed by atoms with E-state index in [1.165, 1.54) is 0 Å². The highest BCUT2D eigenvalue weighted by Gasteiger charge is 2.15. The molecule has 0 bridgehead atoms. The first-order chi connectivity index (χ1) is 10.4. The van der Waals surface area contributed by atoms with Gasteiger partial charge in [-0.1, -0.05) is 23.2 Å². The number of carbonyl (C=O) groups is 1. The largest absolute Gasteiger partial charge is 0.394 e. The smallest absolute Gasteiger partial charge is 0.319 e. The number of urea groups is 1. The van der Waals surface area contributed by atoms with E-state index in [-0.39, 0.29) is 6.61 Å². The third-order valence-corrected chi connectivity index (χ3v) is 3.94. The van der Waals surface area contributed by atoms with E-state index in [0.717, 1.165) is 5.56 Å². The molecule has 3 N–H and O–H groups in total. The van der Waals surface area contributed by atoms with Gasteiger partial charge >= 0.3 is 6.03 Å². The number of aliphatic hydroxyl groups excluding tert-OH is 1. The van der Waals surface area contributed by atoms with Crippen molar-refractivity contribution < 1.29 is 9.90 Å². The van der Waals surface area contributed by atoms with E-state index in [2.05, 4.69) is 15.7 Å². The first-order valence-electron chi connectivity index (χ1n) is 6.53. The summed E-state index contributed by atoms with van der Waals surface area (Å²) in [5.74, 6) is 0. The zero-order valence-electron chi connectivity index (χ0n) is 12.1. The lowest BCUT2D eigenvalue weighted by molar-refractivity contribution is 0.225. The Labute approximate surface area is 138 Å². The lowest BCUT2D eigenvalue weighted by Crippen LogP contribution is -2.34. The molecule has 118 valence electrons. The Hall–Kier alpha value is -1.76. The van der Waals surface area contributed by atoms with E-state index in [1.807, 2.05) is 0 Å². The highest BCUT2D eigenvalue weighted by atomic mass is 35.5. The lowest BCUT2D eigenvalue weighted by Gasteiger charge is -2.16. The van der Waals surface area contributed by atoms with Crippen molar-refractivity contribution in [3.63, 3.8) is 0 Å². The van der Waals surface area contributed by atoms with Gasteiger partial charge in [0.15, 0.2) is 0 Å². The maximum absolute atomic E-state index is 12.0. The molecule has 0 spiro atoms. The van der Waals surface area contributed by atoms with Gasteiger partial charge in [0, 0.05) is 34.5 Å². The van der Waals surface area contributed by atoms with E-state index in [4.69, 9.17) is 23.2 Å². The number of aryl methyl sites for hydroxylation is 1. The van der Waals surface area contributed by atoms with E-state index in [9.17, 15) is 9.90 Å². The first-order valence-corrected chi connectivity index (χ1v) is 7.29. The highest BCUT2D eigenvalue weighted by molar-refractivity contribution is 6.36. The number of hydrogen-bond donors (Lipinski definition) is 3. The molecule has 0 aliphatic rings. The number of nitrogens with zero attached hydrogens (tertiary/aromatic N) is 2. The fourth-order valence-corrected chi connectivity index (χ4v) is 2.38. The molecule has 2 aromatic rings. The second-order valence-electron chi connectivity index (χ2n) is 4.85. The van der Waals surface area contributed by atoms with Gasteiger partial charge in [-0.3, -0.25) is 4.68 Å². The molecule has 22 heavy (non-hydrogen) atoms. The summed E-state index contributed by atoms with van der Waals surface area (Å²) in [5.41, 5.74) is 1.93. The van der Waals surface area contributed by atoms with Crippen molar-refractivity contribution in [3.8, 4) is 0 Å². The molecule has 1 atom stereocenters. The molecule has 1 heterocycles. The number of rotatable bonds is 4. The van der Waals surface area contributed by atoms with E-state index in [1.54, 1.807) is 43.2 Å². The second-order valence-corrected chi connectivity index (χ2v) is 5.66. The third-order valence-electron chi connectivity index (χ3n) is 3.15. The summed E-state index contributed by atoms with van der Waals surface area (Å²) in [6.07, 6.45) is 3.31. The minimum atomic E-state index is -0.551. The van der Waals surface area contributed by atoms with Gasteiger partial charge in [0.2, 0.25) is 0 Å². The summed E-state index contributed by atoms with van der Waals surface area (Å²) >= 11 is 12.1. The Morgan fingerprint density at radius 3 is 2.55 bits per heavy atom. The molecular weight excluding hydrogens is 327 g/mol. The van der Waals surface area contributed by atoms with Crippen LogP contribution in [0.25, 0.3) is 0 Å². The van der Waals surface area contributed by atoms with Gasteiger partial charge in [-0.2, -0.15) is 5.10 Å². The normalized spacial score (nSPS) is 12.0. The molecule has 1 unspecified atom stereocenters. The van der Waals surface area contributed by atoms with Crippen molar-refractivity contribution in [2.45, 2.75) is 13.0 Å². The number of aliphatic hydroxyl groups is 1. The molecule has 0 aliphatic carbocycles. The fraction of sp³-hybridized carbons (Fsp3) is 0.286. The van der Waals surface area contributed by atoms with Crippen LogP contribution in [-0.4, -0.2) is 27.5 Å². The number of amides is 2. The van der Waals surface area contributed by atoms with Crippen LogP contribution in [0.1, 0.15) is 17.2 Å². The molecule has 2 amide bonds. The van der Waals surface area contributed by atoms with Gasteiger partial charge in [0.05, 0.1) is 18.8 Å². The second kappa shape index (κ2) is 7.00. The molecule has 0 saturated carbocycles. The maximum Gasteiger partial charge on any atom is 0.319 e. The molecule has 0 aliphatic heterocycles. The molecule has 0 saturated heterocycles. The van der Waals surface area contributed by atoms with Crippen LogP contribution < -0.4 is 10.6 Å². The molecule has 1 aromatic carbocycles. The van der Waals surface area contributed by atoms with Gasteiger partial charge in [-0.15, -0.1) is 0 Å². The Kier molecular flexibility index (Phi) is 5.28. The zero-order chi connectivity index (χ0) is 16.3. The summed E-state index contributed by atoms with van der Waals surface area (Å²) in [6.45, 7) is 1.55. The molecule has 0 radical (unpaired) electrons. The number of hydrogen-bond acceptors (Lipinski definition) is 3. The van der Waals surface area contributed by atoms with Gasteiger partial charge in [0.25, 0.3) is 0 Å². The molecule has 1 aromatic heterocycles. The first kappa shape index (κ1) is 16.6. The average Bonchev–Trinajstić information content (AvgIpc) is 2.88. The SMILES string of the molecule is Cc1c(Cl)cc(NC(=O)NC(CO)c2cnn(C)c2)cc1Cl. The number of nitrogens with one attached hydrogen (secondary N) is 2. The zero-order valence-corrected chi connectivity index (χ0v) is 13.6. The summed E-state index contributed by atoms with van der Waals surface area (Å²) in [7, 11) is 1.76. The lowest BCUT2D eigenvalue weighted by atomic mass is 10.2. The molecule has 8 heteroatoms. The standard InChI is InChI=1S/C14H16Cl2N4O2/c1-8-11(15)3-10(4-12(8)16)18-14(22)19-13(7-21)9-5-17-20(2)6-9/h3-6,13,21H,7H2,1-2H3,(H2,18,19,22). The van der Waals surface area contributed by atoms with Crippen LogP contribution in [0.15, 0.2) is 24.5 Å². The summed E-state index contributed by atoms with van der Waals surface area (Å²) in [6, 6.07) is 2.20. The van der Waals surface area contributed by atoms with Gasteiger partial charge in [0.1, 0.15) is 0 Å². The van der Waals surface area contributed by atoms with Crippen LogP contribution in [0, 0.1) is 6.92 Å². The van der Waals surface area contributed by atoms with Crippen LogP contribution in [0.2, 0.25) is 10.0 Å². The van der Waals surface area contributed by atoms with Gasteiger partial charge in [-0.25, -0.2) is 4.79 Å². The Bertz CT molecular complexity index is 664. The number of anilines is 1. The van der Waals surface area contributed by atoms with Crippen LogP contribution >= 0.6 is 23.2 Å². The Balaban J connectivity index is 2.06. The highest BCUT2D eigenvalue weighted by Crippen LogP contribution is 2.28. The van der Waals surface area contributed by atoms with E-state index in [0.29, 0.717) is 21.3 Å². The van der Waals surface area contributed by atoms with Crippen LogP contribution in [0.3, 0.4) is 0 Å². The topological polar surface area (TPSA) is 79.2 Å². The van der Waals surface area contributed by atoms with Gasteiger partial charge < -0.3 is 15.7 Å². The number of halogens is 2. The third kappa shape index (κ3) is 3.91. The molecule has 0 fully saturated rings. The van der Waals surface area contributed by atoms with Gasteiger partial charge in [-0.05, 0) is 24.6 Å². The quantitative estimate of drug-likeness (QED) is 0.799. The molecule has 2 rings (SSSR count). The van der Waals surface area contributed by atoms with Crippen molar-refractivity contribution >= 4 is 34.9 Å². The van der Waals surface area contributed by atoms with Crippen molar-refractivity contribution in [1.82, 2.24) is 15.1 Å². The predicted molar refractivity (Wildman–Crippen MR) is 86.4 cm³/mol. The van der Waals surface area contributed by atoms with Crippen LogP contribution in [-0.2, 0) is 7.05 Å². The Morgan fingerprint density at radius 1 is 1.41 bits per heavy atom.